The number of nitrogens with one attached hydrogen (secondary N) is 2. The molecule has 0 aromatic carbocycles. The van der Waals surface area contributed by atoms with E-state index in [4.69, 9.17) is 5.26 Å². The summed E-state index contributed by atoms with van der Waals surface area (Å²) in [7, 11) is 0. The van der Waals surface area contributed by atoms with Crippen LogP contribution in [0.3, 0.4) is 0 Å². The molecule has 0 atom stereocenters. The molecule has 0 rings (SSSR count). The van der Waals surface area contributed by atoms with Crippen molar-refractivity contribution in [2.75, 3.05) is 13.1 Å². The first-order valence-corrected chi connectivity index (χ1v) is 3.29. The molecule has 0 bridgehead atoms. The lowest BCUT2D eigenvalue weighted by atomic mass is 10.5. The Hall–Kier alpha value is -1.71. The molecule has 0 saturated heterocycles. The van der Waals surface area contributed by atoms with Crippen LogP contribution in [0.1, 0.15) is 0 Å². The maximum absolute atomic E-state index is 11.5. The third kappa shape index (κ3) is 5.55. The monoisotopic (exact) mass is 191 g/mol. The van der Waals surface area contributed by atoms with Crippen LogP contribution in [0, 0.1) is 11.3 Å². The third-order valence-electron chi connectivity index (χ3n) is 0.951. The number of alkyl halides is 2. The minimum atomic E-state index is -2.70. The number of amides is 2. The number of halogens is 2. The van der Waals surface area contributed by atoms with Gasteiger partial charge in [-0.1, -0.05) is 0 Å². The number of hydrogen-bond acceptors (Lipinski definition) is 3. The molecule has 0 aromatic rings. The highest BCUT2D eigenvalue weighted by Crippen LogP contribution is 1.87. The van der Waals surface area contributed by atoms with Crippen LogP contribution in [0.5, 0.6) is 0 Å². The Morgan fingerprint density at radius 3 is 2.31 bits per heavy atom. The molecule has 0 unspecified atom stereocenters. The molecule has 0 aliphatic heterocycles. The fourth-order valence-electron chi connectivity index (χ4n) is 0.450. The lowest BCUT2D eigenvalue weighted by Crippen LogP contribution is -2.41. The Kier molecular flexibility index (Phi) is 5.11. The minimum absolute atomic E-state index is 0.332. The van der Waals surface area contributed by atoms with Gasteiger partial charge in [0.05, 0.1) is 12.6 Å². The fourth-order valence-corrected chi connectivity index (χ4v) is 0.450. The van der Waals surface area contributed by atoms with Gasteiger partial charge < -0.3 is 10.6 Å². The van der Waals surface area contributed by atoms with Gasteiger partial charge >= 0.3 is 11.8 Å². The first-order valence-electron chi connectivity index (χ1n) is 3.29. The molecular weight excluding hydrogens is 184 g/mol. The molecule has 0 heterocycles. The molecule has 0 radical (unpaired) electrons. The molecule has 0 spiro atoms. The van der Waals surface area contributed by atoms with Crippen LogP contribution in [-0.2, 0) is 9.59 Å². The molecule has 0 fully saturated rings. The second-order valence-corrected chi connectivity index (χ2v) is 1.94. The van der Waals surface area contributed by atoms with Gasteiger partial charge in [-0.25, -0.2) is 8.78 Å². The zero-order valence-electron chi connectivity index (χ0n) is 6.51. The lowest BCUT2D eigenvalue weighted by molar-refractivity contribution is -0.139. The van der Waals surface area contributed by atoms with Crippen molar-refractivity contribution in [2.24, 2.45) is 0 Å². The highest BCUT2D eigenvalue weighted by Gasteiger charge is 2.13. The molecule has 0 aromatic heterocycles. The molecule has 72 valence electrons. The third-order valence-corrected chi connectivity index (χ3v) is 0.951. The highest BCUT2D eigenvalue weighted by atomic mass is 19.3. The Bertz CT molecular complexity index is 237. The summed E-state index contributed by atoms with van der Waals surface area (Å²) in [6.07, 6.45) is -2.70. The van der Waals surface area contributed by atoms with Crippen LogP contribution in [0.2, 0.25) is 0 Å². The smallest absolute Gasteiger partial charge is 0.310 e. The van der Waals surface area contributed by atoms with Crippen LogP contribution in [-0.4, -0.2) is 31.3 Å². The second-order valence-electron chi connectivity index (χ2n) is 1.94. The van der Waals surface area contributed by atoms with Gasteiger partial charge in [0.25, 0.3) is 6.43 Å². The van der Waals surface area contributed by atoms with Gasteiger partial charge in [-0.3, -0.25) is 9.59 Å². The Labute approximate surface area is 72.7 Å². The Morgan fingerprint density at radius 1 is 1.31 bits per heavy atom. The summed E-state index contributed by atoms with van der Waals surface area (Å²) in [4.78, 5) is 21.2. The molecular formula is C6H7F2N3O2. The summed E-state index contributed by atoms with van der Waals surface area (Å²) in [6.45, 7) is -1.21. The number of nitriles is 1. The molecule has 7 heteroatoms. The van der Waals surface area contributed by atoms with E-state index < -0.39 is 24.8 Å². The van der Waals surface area contributed by atoms with Crippen molar-refractivity contribution in [2.45, 2.75) is 6.43 Å². The van der Waals surface area contributed by atoms with E-state index in [0.717, 1.165) is 0 Å². The number of hydrogen-bond donors (Lipinski definition) is 2. The predicted molar refractivity (Wildman–Crippen MR) is 37.6 cm³/mol. The van der Waals surface area contributed by atoms with E-state index in [1.165, 1.54) is 0 Å². The van der Waals surface area contributed by atoms with E-state index in [1.807, 2.05) is 5.32 Å². The van der Waals surface area contributed by atoms with Crippen molar-refractivity contribution in [3.63, 3.8) is 0 Å². The average Bonchev–Trinajstić information content (AvgIpc) is 2.10. The van der Waals surface area contributed by atoms with Crippen molar-refractivity contribution in [1.82, 2.24) is 10.6 Å². The predicted octanol–water partition coefficient (Wildman–Crippen LogP) is -0.993. The summed E-state index contributed by atoms with van der Waals surface area (Å²) < 4.78 is 23.0. The molecule has 0 aliphatic rings. The maximum atomic E-state index is 11.5. The van der Waals surface area contributed by atoms with Crippen LogP contribution >= 0.6 is 0 Å². The Balaban J connectivity index is 3.71. The van der Waals surface area contributed by atoms with E-state index in [0.29, 0.717) is 0 Å². The molecule has 2 amide bonds. The Morgan fingerprint density at radius 2 is 1.85 bits per heavy atom. The summed E-state index contributed by atoms with van der Waals surface area (Å²) in [6, 6.07) is 1.56. The van der Waals surface area contributed by atoms with Gasteiger partial charge in [0.2, 0.25) is 0 Å². The van der Waals surface area contributed by atoms with Gasteiger partial charge in [0, 0.05) is 0 Å². The number of carbonyl (C=O) groups is 2. The van der Waals surface area contributed by atoms with Crippen molar-refractivity contribution in [3.05, 3.63) is 0 Å². The SMILES string of the molecule is N#CCNC(=O)C(=O)NCC(F)F. The summed E-state index contributed by atoms with van der Waals surface area (Å²) in [5, 5.41) is 11.6. The lowest BCUT2D eigenvalue weighted by Gasteiger charge is -2.02. The van der Waals surface area contributed by atoms with Gasteiger partial charge in [-0.15, -0.1) is 0 Å². The average molecular weight is 191 g/mol. The van der Waals surface area contributed by atoms with Crippen LogP contribution < -0.4 is 10.6 Å². The summed E-state index contributed by atoms with van der Waals surface area (Å²) >= 11 is 0. The van der Waals surface area contributed by atoms with Crippen molar-refractivity contribution >= 4 is 11.8 Å². The number of rotatable bonds is 3. The van der Waals surface area contributed by atoms with Gasteiger partial charge in [-0.2, -0.15) is 5.26 Å². The number of nitrogens with zero attached hydrogens (tertiary/aromatic N) is 1. The minimum Gasteiger partial charge on any atom is -0.342 e. The molecule has 5 nitrogen and oxygen atoms in total. The fraction of sp³-hybridized carbons (Fsp3) is 0.500. The second kappa shape index (κ2) is 5.88. The quantitative estimate of drug-likeness (QED) is 0.443. The van der Waals surface area contributed by atoms with E-state index in [-0.39, 0.29) is 6.54 Å². The van der Waals surface area contributed by atoms with E-state index in [9.17, 15) is 18.4 Å². The molecule has 13 heavy (non-hydrogen) atoms. The topological polar surface area (TPSA) is 82.0 Å². The zero-order valence-corrected chi connectivity index (χ0v) is 6.51. The van der Waals surface area contributed by atoms with Crippen LogP contribution in [0.4, 0.5) is 8.78 Å². The highest BCUT2D eigenvalue weighted by molar-refractivity contribution is 6.35. The van der Waals surface area contributed by atoms with Crippen molar-refractivity contribution in [1.29, 1.82) is 5.26 Å². The van der Waals surface area contributed by atoms with Gasteiger partial charge in [-0.05, 0) is 0 Å². The first kappa shape index (κ1) is 11.3. The zero-order chi connectivity index (χ0) is 10.3. The number of carbonyl (C=O) groups excluding carboxylic acids is 2. The summed E-state index contributed by atoms with van der Waals surface area (Å²) in [5.74, 6) is -2.27. The normalized spacial score (nSPS) is 9.08. The molecule has 2 N–H and O–H groups in total. The van der Waals surface area contributed by atoms with E-state index >= 15 is 0 Å². The van der Waals surface area contributed by atoms with Gasteiger partial charge in [0.1, 0.15) is 6.54 Å². The van der Waals surface area contributed by atoms with E-state index in [2.05, 4.69) is 0 Å². The van der Waals surface area contributed by atoms with E-state index in [1.54, 1.807) is 11.4 Å². The largest absolute Gasteiger partial charge is 0.342 e. The van der Waals surface area contributed by atoms with Gasteiger partial charge in [0.15, 0.2) is 0 Å². The molecule has 0 aliphatic carbocycles. The maximum Gasteiger partial charge on any atom is 0.310 e. The first-order chi connectivity index (χ1) is 6.07. The van der Waals surface area contributed by atoms with Crippen molar-refractivity contribution in [3.8, 4) is 6.07 Å². The summed E-state index contributed by atoms with van der Waals surface area (Å²) in [5.41, 5.74) is 0. The van der Waals surface area contributed by atoms with Crippen LogP contribution in [0.25, 0.3) is 0 Å². The standard InChI is InChI=1S/C6H7F2N3O2/c7-4(8)3-11-6(13)5(12)10-2-1-9/h4H,2-3H2,(H,10,12)(H,11,13). The van der Waals surface area contributed by atoms with Crippen LogP contribution in [0.15, 0.2) is 0 Å². The van der Waals surface area contributed by atoms with Crippen molar-refractivity contribution < 1.29 is 18.4 Å². The molecule has 0 saturated carbocycles.